The van der Waals surface area contributed by atoms with Gasteiger partial charge in [0.2, 0.25) is 0 Å². The molecule has 150 valence electrons. The molecule has 0 radical (unpaired) electrons. The maximum absolute atomic E-state index is 12.6. The molecule has 3 heterocycles. The molecule has 2 aliphatic heterocycles. The molecule has 28 heavy (non-hydrogen) atoms. The van der Waals surface area contributed by atoms with Crippen molar-refractivity contribution in [3.63, 3.8) is 0 Å². The third-order valence-corrected chi connectivity index (χ3v) is 5.87. The molecule has 0 atom stereocenters. The lowest BCUT2D eigenvalue weighted by molar-refractivity contribution is -0.119. The number of urea groups is 1. The normalized spacial score (nSPS) is 18.2. The van der Waals surface area contributed by atoms with E-state index >= 15 is 0 Å². The molecule has 4 rings (SSSR count). The molecule has 2 aromatic rings. The van der Waals surface area contributed by atoms with Crippen LogP contribution in [0.4, 0.5) is 10.5 Å². The van der Waals surface area contributed by atoms with Gasteiger partial charge < -0.3 is 19.7 Å². The van der Waals surface area contributed by atoms with Crippen LogP contribution in [0.1, 0.15) is 35.4 Å². The topological polar surface area (TPSA) is 81.5 Å². The number of piperidine rings is 1. The molecule has 0 saturated carbocycles. The van der Waals surface area contributed by atoms with Crippen molar-refractivity contribution in [1.82, 2.24) is 19.9 Å². The largest absolute Gasteiger partial charge is 0.378 e. The van der Waals surface area contributed by atoms with Gasteiger partial charge in [-0.1, -0.05) is 11.3 Å². The Morgan fingerprint density at radius 2 is 2.07 bits per heavy atom. The predicted octanol–water partition coefficient (Wildman–Crippen LogP) is 2.64. The summed E-state index contributed by atoms with van der Waals surface area (Å²) in [5, 5.41) is 11.5. The summed E-state index contributed by atoms with van der Waals surface area (Å²) in [6, 6.07) is 5.92. The number of anilines is 1. The highest BCUT2D eigenvalue weighted by molar-refractivity contribution is 5.89. The Morgan fingerprint density at radius 3 is 2.79 bits per heavy atom. The Bertz CT molecular complexity index is 871. The van der Waals surface area contributed by atoms with Gasteiger partial charge in [-0.25, -0.2) is 9.48 Å². The fourth-order valence-corrected chi connectivity index (χ4v) is 3.88. The number of ether oxygens (including phenoxy) is 2. The van der Waals surface area contributed by atoms with Crippen LogP contribution in [-0.4, -0.2) is 51.7 Å². The number of benzene rings is 1. The molecule has 0 aliphatic carbocycles. The van der Waals surface area contributed by atoms with E-state index in [4.69, 9.17) is 9.47 Å². The Hall–Kier alpha value is -2.45. The number of rotatable bonds is 3. The first kappa shape index (κ1) is 18.9. The summed E-state index contributed by atoms with van der Waals surface area (Å²) in [5.74, 6) is 0. The van der Waals surface area contributed by atoms with Gasteiger partial charge in [-0.05, 0) is 49.9 Å². The van der Waals surface area contributed by atoms with Crippen LogP contribution in [0.25, 0.3) is 0 Å². The number of likely N-dealkylation sites (tertiary alicyclic amines) is 1. The van der Waals surface area contributed by atoms with E-state index in [-0.39, 0.29) is 11.6 Å². The van der Waals surface area contributed by atoms with Crippen molar-refractivity contribution in [3.05, 3.63) is 40.7 Å². The molecule has 1 fully saturated rings. The number of aryl methyl sites for hydroxylation is 2. The molecular formula is C20H27N5O3. The van der Waals surface area contributed by atoms with Crippen LogP contribution in [-0.2, 0) is 29.2 Å². The van der Waals surface area contributed by atoms with Crippen molar-refractivity contribution < 1.29 is 14.3 Å². The van der Waals surface area contributed by atoms with Crippen molar-refractivity contribution in [3.8, 4) is 0 Å². The zero-order valence-corrected chi connectivity index (χ0v) is 16.7. The Kier molecular flexibility index (Phi) is 5.07. The molecule has 8 heteroatoms. The van der Waals surface area contributed by atoms with Gasteiger partial charge in [0.15, 0.2) is 0 Å². The maximum Gasteiger partial charge on any atom is 0.321 e. The van der Waals surface area contributed by atoms with Gasteiger partial charge >= 0.3 is 6.03 Å². The van der Waals surface area contributed by atoms with E-state index in [1.54, 1.807) is 7.11 Å². The summed E-state index contributed by atoms with van der Waals surface area (Å²) < 4.78 is 13.3. The smallest absolute Gasteiger partial charge is 0.321 e. The number of carbonyl (C=O) groups is 1. The first-order valence-electron chi connectivity index (χ1n) is 9.67. The molecule has 0 unspecified atom stereocenters. The third-order valence-electron chi connectivity index (χ3n) is 5.87. The molecule has 2 aliphatic rings. The lowest BCUT2D eigenvalue weighted by atomic mass is 9.90. The summed E-state index contributed by atoms with van der Waals surface area (Å²) in [6.45, 7) is 7.03. The van der Waals surface area contributed by atoms with Crippen LogP contribution >= 0.6 is 0 Å². The van der Waals surface area contributed by atoms with Gasteiger partial charge in [-0.15, -0.1) is 5.10 Å². The number of hydrogen-bond acceptors (Lipinski definition) is 5. The van der Waals surface area contributed by atoms with Crippen LogP contribution in [0, 0.1) is 13.8 Å². The first-order valence-corrected chi connectivity index (χ1v) is 9.67. The van der Waals surface area contributed by atoms with Crippen LogP contribution < -0.4 is 5.32 Å². The number of nitrogens with zero attached hydrogens (tertiary/aromatic N) is 4. The first-order chi connectivity index (χ1) is 13.5. The molecular weight excluding hydrogens is 358 g/mol. The second kappa shape index (κ2) is 7.52. The lowest BCUT2D eigenvalue weighted by Crippen LogP contribution is -2.52. The monoisotopic (exact) mass is 385 g/mol. The number of amides is 2. The van der Waals surface area contributed by atoms with Gasteiger partial charge in [0, 0.05) is 25.9 Å². The van der Waals surface area contributed by atoms with E-state index < -0.39 is 0 Å². The average molecular weight is 385 g/mol. The van der Waals surface area contributed by atoms with Crippen molar-refractivity contribution in [2.45, 2.75) is 52.0 Å². The Labute approximate surface area is 164 Å². The van der Waals surface area contributed by atoms with Gasteiger partial charge in [-0.3, -0.25) is 0 Å². The van der Waals surface area contributed by atoms with Gasteiger partial charge in [0.25, 0.3) is 0 Å². The number of aromatic nitrogens is 3. The van der Waals surface area contributed by atoms with E-state index in [9.17, 15) is 4.79 Å². The fraction of sp³-hybridized carbons (Fsp3) is 0.550. The van der Waals surface area contributed by atoms with Gasteiger partial charge in [0.05, 0.1) is 31.1 Å². The minimum Gasteiger partial charge on any atom is -0.378 e. The molecule has 1 saturated heterocycles. The fourth-order valence-electron chi connectivity index (χ4n) is 3.88. The summed E-state index contributed by atoms with van der Waals surface area (Å²) >= 11 is 0. The SMILES string of the molecule is COCc1nnn2c1COC1(CCN(C(=O)Nc3ccc(C)c(C)c3)CC1)C2. The number of hydrogen-bond donors (Lipinski definition) is 1. The van der Waals surface area contributed by atoms with E-state index in [0.29, 0.717) is 32.8 Å². The molecule has 2 amide bonds. The van der Waals surface area contributed by atoms with E-state index in [1.807, 2.05) is 34.7 Å². The van der Waals surface area contributed by atoms with Crippen molar-refractivity contribution in [1.29, 1.82) is 0 Å². The van der Waals surface area contributed by atoms with Crippen LogP contribution in [0.15, 0.2) is 18.2 Å². The highest BCUT2D eigenvalue weighted by atomic mass is 16.5. The van der Waals surface area contributed by atoms with Crippen molar-refractivity contribution in [2.24, 2.45) is 0 Å². The highest BCUT2D eigenvalue weighted by Crippen LogP contribution is 2.33. The average Bonchev–Trinajstić information content (AvgIpc) is 3.07. The third kappa shape index (κ3) is 3.62. The van der Waals surface area contributed by atoms with E-state index in [2.05, 4.69) is 22.6 Å². The second-order valence-corrected chi connectivity index (χ2v) is 7.76. The molecule has 1 spiro atoms. The molecule has 1 aromatic carbocycles. The van der Waals surface area contributed by atoms with Crippen LogP contribution in [0.2, 0.25) is 0 Å². The zero-order valence-electron chi connectivity index (χ0n) is 16.7. The van der Waals surface area contributed by atoms with E-state index in [0.717, 1.165) is 29.9 Å². The molecule has 1 N–H and O–H groups in total. The molecule has 0 bridgehead atoms. The Balaban J connectivity index is 1.36. The molecule has 1 aromatic heterocycles. The summed E-state index contributed by atoms with van der Waals surface area (Å²) in [7, 11) is 1.65. The Morgan fingerprint density at radius 1 is 1.29 bits per heavy atom. The standard InChI is InChI=1S/C20H27N5O3/c1-14-4-5-16(10-15(14)2)21-19(26)24-8-6-20(7-9-24)13-25-18(12-28-20)17(11-27-3)22-23-25/h4-5,10H,6-9,11-13H2,1-3H3,(H,21,26). The minimum absolute atomic E-state index is 0.0576. The summed E-state index contributed by atoms with van der Waals surface area (Å²) in [5.41, 5.74) is 4.77. The highest BCUT2D eigenvalue weighted by Gasteiger charge is 2.41. The van der Waals surface area contributed by atoms with E-state index in [1.165, 1.54) is 11.1 Å². The number of methoxy groups -OCH3 is 1. The summed E-state index contributed by atoms with van der Waals surface area (Å²) in [6.07, 6.45) is 1.57. The summed E-state index contributed by atoms with van der Waals surface area (Å²) in [4.78, 5) is 14.5. The lowest BCUT2D eigenvalue weighted by Gasteiger charge is -2.43. The maximum atomic E-state index is 12.6. The number of carbonyl (C=O) groups excluding carboxylic acids is 1. The number of nitrogens with one attached hydrogen (secondary N) is 1. The van der Waals surface area contributed by atoms with Crippen molar-refractivity contribution >= 4 is 11.7 Å². The predicted molar refractivity (Wildman–Crippen MR) is 104 cm³/mol. The minimum atomic E-state index is -0.276. The van der Waals surface area contributed by atoms with Crippen molar-refractivity contribution in [2.75, 3.05) is 25.5 Å². The quantitative estimate of drug-likeness (QED) is 0.878. The van der Waals surface area contributed by atoms with Crippen LogP contribution in [0.5, 0.6) is 0 Å². The number of fused-ring (bicyclic) bond motifs is 1. The van der Waals surface area contributed by atoms with Gasteiger partial charge in [-0.2, -0.15) is 0 Å². The zero-order chi connectivity index (χ0) is 19.7. The second-order valence-electron chi connectivity index (χ2n) is 7.76. The van der Waals surface area contributed by atoms with Gasteiger partial charge in [0.1, 0.15) is 5.69 Å². The molecule has 8 nitrogen and oxygen atoms in total. The van der Waals surface area contributed by atoms with Crippen LogP contribution in [0.3, 0.4) is 0 Å².